The minimum atomic E-state index is 0.564. The van der Waals surface area contributed by atoms with Gasteiger partial charge in [0.25, 0.3) is 0 Å². The molecule has 3 aromatic rings. The Labute approximate surface area is 103 Å². The van der Waals surface area contributed by atoms with Crippen molar-refractivity contribution < 1.29 is 4.79 Å². The van der Waals surface area contributed by atoms with Crippen molar-refractivity contribution in [2.24, 2.45) is 0 Å². The largest absolute Gasteiger partial charge is 0.298 e. The Kier molecular flexibility index (Phi) is 2.28. The monoisotopic (exact) mass is 232 g/mol. The first-order valence-electron chi connectivity index (χ1n) is 5.51. The predicted octanol–water partition coefficient (Wildman–Crippen LogP) is 3.07. The fourth-order valence-electron chi connectivity index (χ4n) is 2.10. The third-order valence-corrected chi connectivity index (χ3v) is 2.95. The van der Waals surface area contributed by atoms with Crippen LogP contribution in [0.25, 0.3) is 21.8 Å². The number of fused-ring (bicyclic) bond motifs is 2. The third-order valence-electron chi connectivity index (χ3n) is 2.95. The van der Waals surface area contributed by atoms with E-state index in [1.807, 2.05) is 24.3 Å². The van der Waals surface area contributed by atoms with Crippen LogP contribution in [0.1, 0.15) is 15.9 Å². The van der Waals surface area contributed by atoms with E-state index in [1.54, 1.807) is 18.2 Å². The summed E-state index contributed by atoms with van der Waals surface area (Å²) in [4.78, 5) is 15.3. The summed E-state index contributed by atoms with van der Waals surface area (Å²) in [7, 11) is 0. The molecule has 1 heterocycles. The molecule has 0 saturated heterocycles. The van der Waals surface area contributed by atoms with Gasteiger partial charge in [0.05, 0.1) is 16.6 Å². The molecule has 3 nitrogen and oxygen atoms in total. The topological polar surface area (TPSA) is 53.8 Å². The van der Waals surface area contributed by atoms with Crippen molar-refractivity contribution in [2.45, 2.75) is 0 Å². The van der Waals surface area contributed by atoms with Crippen molar-refractivity contribution in [1.82, 2.24) is 4.98 Å². The van der Waals surface area contributed by atoms with Crippen molar-refractivity contribution in [3.05, 3.63) is 53.6 Å². The number of nitriles is 1. The highest BCUT2D eigenvalue weighted by Gasteiger charge is 2.08. The number of aldehydes is 1. The van der Waals surface area contributed by atoms with Gasteiger partial charge in [-0.3, -0.25) is 4.79 Å². The van der Waals surface area contributed by atoms with E-state index in [-0.39, 0.29) is 0 Å². The zero-order valence-corrected chi connectivity index (χ0v) is 9.42. The molecular weight excluding hydrogens is 224 g/mol. The summed E-state index contributed by atoms with van der Waals surface area (Å²) in [6, 6.07) is 14.9. The van der Waals surface area contributed by atoms with Gasteiger partial charge in [-0.05, 0) is 12.1 Å². The maximum atomic E-state index is 10.8. The van der Waals surface area contributed by atoms with Crippen LogP contribution in [-0.2, 0) is 0 Å². The summed E-state index contributed by atoms with van der Waals surface area (Å²) in [5, 5.41) is 10.9. The maximum absolute atomic E-state index is 10.8. The van der Waals surface area contributed by atoms with Gasteiger partial charge in [0.1, 0.15) is 12.4 Å². The summed E-state index contributed by atoms with van der Waals surface area (Å²) < 4.78 is 0. The molecule has 0 N–H and O–H groups in total. The lowest BCUT2D eigenvalue weighted by Crippen LogP contribution is -1.90. The standard InChI is InChI=1S/C15H8N2O/c16-8-13-11-3-1-2-4-14(11)17-15-7-10(9-18)5-6-12(13)15/h1-7,9H. The summed E-state index contributed by atoms with van der Waals surface area (Å²) in [5.41, 5.74) is 2.61. The molecule has 0 spiro atoms. The molecule has 0 aliphatic carbocycles. The summed E-state index contributed by atoms with van der Waals surface area (Å²) >= 11 is 0. The highest BCUT2D eigenvalue weighted by atomic mass is 16.1. The number of pyridine rings is 1. The van der Waals surface area contributed by atoms with Crippen LogP contribution < -0.4 is 0 Å². The smallest absolute Gasteiger partial charge is 0.150 e. The number of hydrogen-bond donors (Lipinski definition) is 0. The lowest BCUT2D eigenvalue weighted by atomic mass is 10.0. The van der Waals surface area contributed by atoms with E-state index in [0.717, 1.165) is 22.6 Å². The summed E-state index contributed by atoms with van der Waals surface area (Å²) in [6.45, 7) is 0. The van der Waals surface area contributed by atoms with Crippen molar-refractivity contribution in [2.75, 3.05) is 0 Å². The van der Waals surface area contributed by atoms with Crippen LogP contribution in [0.3, 0.4) is 0 Å². The molecule has 18 heavy (non-hydrogen) atoms. The van der Waals surface area contributed by atoms with Gasteiger partial charge in [-0.25, -0.2) is 4.98 Å². The Balaban J connectivity index is 2.54. The van der Waals surface area contributed by atoms with Crippen molar-refractivity contribution in [1.29, 1.82) is 5.26 Å². The quantitative estimate of drug-likeness (QED) is 0.478. The van der Waals surface area contributed by atoms with Crippen molar-refractivity contribution >= 4 is 28.1 Å². The van der Waals surface area contributed by atoms with Crippen LogP contribution >= 0.6 is 0 Å². The Bertz CT molecular complexity index is 816. The number of carbonyl (C=O) groups excluding carboxylic acids is 1. The van der Waals surface area contributed by atoms with Crippen LogP contribution in [0.4, 0.5) is 0 Å². The second-order valence-electron chi connectivity index (χ2n) is 4.01. The highest BCUT2D eigenvalue weighted by molar-refractivity contribution is 6.01. The Morgan fingerprint density at radius 3 is 2.61 bits per heavy atom. The average molecular weight is 232 g/mol. The first-order valence-corrected chi connectivity index (χ1v) is 5.51. The van der Waals surface area contributed by atoms with Gasteiger partial charge >= 0.3 is 0 Å². The SMILES string of the molecule is N#Cc1c2ccccc2nc2cc(C=O)ccc12. The number of hydrogen-bond acceptors (Lipinski definition) is 3. The van der Waals surface area contributed by atoms with Crippen LogP contribution in [0.15, 0.2) is 42.5 Å². The molecule has 0 amide bonds. The molecule has 0 saturated carbocycles. The molecule has 0 bridgehead atoms. The average Bonchev–Trinajstić information content (AvgIpc) is 2.44. The zero-order valence-electron chi connectivity index (χ0n) is 9.42. The van der Waals surface area contributed by atoms with E-state index in [1.165, 1.54) is 0 Å². The molecule has 0 atom stereocenters. The second kappa shape index (κ2) is 3.94. The Morgan fingerprint density at radius 1 is 1.06 bits per heavy atom. The third kappa shape index (κ3) is 1.44. The van der Waals surface area contributed by atoms with Gasteiger partial charge in [0, 0.05) is 16.3 Å². The Morgan fingerprint density at radius 2 is 1.83 bits per heavy atom. The minimum Gasteiger partial charge on any atom is -0.298 e. The molecule has 0 aliphatic rings. The number of aromatic nitrogens is 1. The number of para-hydroxylation sites is 1. The molecule has 0 radical (unpaired) electrons. The molecule has 3 rings (SSSR count). The lowest BCUT2D eigenvalue weighted by molar-refractivity contribution is 0.112. The van der Waals surface area contributed by atoms with E-state index in [0.29, 0.717) is 16.6 Å². The molecule has 84 valence electrons. The fraction of sp³-hybridized carbons (Fsp3) is 0. The van der Waals surface area contributed by atoms with Gasteiger partial charge in [0.2, 0.25) is 0 Å². The lowest BCUT2D eigenvalue weighted by Gasteiger charge is -2.05. The van der Waals surface area contributed by atoms with Crippen LogP contribution in [0.5, 0.6) is 0 Å². The van der Waals surface area contributed by atoms with Crippen LogP contribution in [0, 0.1) is 11.3 Å². The summed E-state index contributed by atoms with van der Waals surface area (Å²) in [6.07, 6.45) is 0.780. The van der Waals surface area contributed by atoms with E-state index >= 15 is 0 Å². The van der Waals surface area contributed by atoms with Gasteiger partial charge in [0.15, 0.2) is 0 Å². The van der Waals surface area contributed by atoms with Crippen LogP contribution in [0.2, 0.25) is 0 Å². The molecule has 0 aliphatic heterocycles. The van der Waals surface area contributed by atoms with Gasteiger partial charge in [-0.1, -0.05) is 30.3 Å². The number of benzene rings is 2. The van der Waals surface area contributed by atoms with Crippen molar-refractivity contribution in [3.8, 4) is 6.07 Å². The first kappa shape index (κ1) is 10.4. The number of carbonyl (C=O) groups is 1. The fourth-order valence-corrected chi connectivity index (χ4v) is 2.10. The molecule has 0 unspecified atom stereocenters. The van der Waals surface area contributed by atoms with E-state index < -0.39 is 0 Å². The number of nitrogens with zero attached hydrogens (tertiary/aromatic N) is 2. The first-order chi connectivity index (χ1) is 8.83. The van der Waals surface area contributed by atoms with Crippen LogP contribution in [-0.4, -0.2) is 11.3 Å². The Hall–Kier alpha value is -2.73. The van der Waals surface area contributed by atoms with E-state index in [4.69, 9.17) is 0 Å². The minimum absolute atomic E-state index is 0.564. The molecule has 0 fully saturated rings. The maximum Gasteiger partial charge on any atom is 0.150 e. The molecule has 3 heteroatoms. The molecular formula is C15H8N2O. The molecule has 1 aromatic heterocycles. The van der Waals surface area contributed by atoms with Gasteiger partial charge in [-0.2, -0.15) is 5.26 Å². The normalized spacial score (nSPS) is 10.4. The highest BCUT2D eigenvalue weighted by Crippen LogP contribution is 2.25. The summed E-state index contributed by atoms with van der Waals surface area (Å²) in [5.74, 6) is 0. The predicted molar refractivity (Wildman–Crippen MR) is 69.4 cm³/mol. The zero-order chi connectivity index (χ0) is 12.5. The van der Waals surface area contributed by atoms with E-state index in [2.05, 4.69) is 11.1 Å². The molecule has 2 aromatic carbocycles. The van der Waals surface area contributed by atoms with Gasteiger partial charge in [-0.15, -0.1) is 0 Å². The second-order valence-corrected chi connectivity index (χ2v) is 4.01. The van der Waals surface area contributed by atoms with Crippen molar-refractivity contribution in [3.63, 3.8) is 0 Å². The van der Waals surface area contributed by atoms with Gasteiger partial charge < -0.3 is 0 Å². The van der Waals surface area contributed by atoms with E-state index in [9.17, 15) is 10.1 Å². The number of rotatable bonds is 1.